The number of anilines is 1. The van der Waals surface area contributed by atoms with Gasteiger partial charge in [-0.15, -0.1) is 0 Å². The molecule has 6 rings (SSSR count). The lowest BCUT2D eigenvalue weighted by molar-refractivity contribution is 0.313. The molecule has 0 saturated carbocycles. The van der Waals surface area contributed by atoms with Crippen LogP contribution in [0.25, 0.3) is 33.8 Å². The molecular weight excluding hydrogens is 507 g/mol. The minimum absolute atomic E-state index is 0.233. The van der Waals surface area contributed by atoms with Crippen molar-refractivity contribution < 1.29 is 0 Å². The Morgan fingerprint density at radius 3 is 2.22 bits per heavy atom. The zero-order valence-electron chi connectivity index (χ0n) is 20.2. The van der Waals surface area contributed by atoms with E-state index in [-0.39, 0.29) is 5.56 Å². The van der Waals surface area contributed by atoms with Crippen molar-refractivity contribution in [2.24, 2.45) is 0 Å². The molecule has 2 aromatic heterocycles. The van der Waals surface area contributed by atoms with Crippen LogP contribution in [0.3, 0.4) is 0 Å². The summed E-state index contributed by atoms with van der Waals surface area (Å²) in [6.45, 7) is 3.86. The zero-order valence-corrected chi connectivity index (χ0v) is 21.7. The third-order valence-corrected chi connectivity index (χ3v) is 7.31. The normalized spacial score (nSPS) is 14.4. The van der Waals surface area contributed by atoms with Crippen LogP contribution >= 0.6 is 23.2 Å². The van der Waals surface area contributed by atoms with Gasteiger partial charge in [0.15, 0.2) is 11.5 Å². The van der Waals surface area contributed by atoms with Gasteiger partial charge in [0.2, 0.25) is 0 Å². The maximum atomic E-state index is 13.9. The molecule has 0 atom stereocenters. The van der Waals surface area contributed by atoms with Crippen molar-refractivity contribution in [1.82, 2.24) is 24.2 Å². The molecule has 1 fully saturated rings. The van der Waals surface area contributed by atoms with Crippen molar-refractivity contribution in [2.45, 2.75) is 0 Å². The van der Waals surface area contributed by atoms with E-state index in [1.807, 2.05) is 48.5 Å². The van der Waals surface area contributed by atoms with Gasteiger partial charge >= 0.3 is 0 Å². The molecule has 1 saturated heterocycles. The minimum atomic E-state index is -0.233. The maximum absolute atomic E-state index is 13.9. The van der Waals surface area contributed by atoms with E-state index in [9.17, 15) is 4.79 Å². The highest BCUT2D eigenvalue weighted by atomic mass is 35.5. The highest BCUT2D eigenvalue weighted by Gasteiger charge is 2.21. The third kappa shape index (κ3) is 4.39. The fourth-order valence-corrected chi connectivity index (χ4v) is 5.07. The minimum Gasteiger partial charge on any atom is -0.369 e. The fraction of sp³-hybridized carbons (Fsp3) is 0.179. The van der Waals surface area contributed by atoms with Gasteiger partial charge in [-0.1, -0.05) is 41.4 Å². The van der Waals surface area contributed by atoms with Crippen LogP contribution in [-0.4, -0.2) is 57.5 Å². The van der Waals surface area contributed by atoms with Gasteiger partial charge in [0.05, 0.1) is 22.6 Å². The van der Waals surface area contributed by atoms with Crippen molar-refractivity contribution >= 4 is 39.9 Å². The van der Waals surface area contributed by atoms with E-state index >= 15 is 0 Å². The van der Waals surface area contributed by atoms with Gasteiger partial charge in [0.1, 0.15) is 5.39 Å². The van der Waals surface area contributed by atoms with Crippen LogP contribution in [0.2, 0.25) is 10.0 Å². The van der Waals surface area contributed by atoms with Crippen LogP contribution < -0.4 is 10.5 Å². The number of piperazine rings is 1. The lowest BCUT2D eigenvalue weighted by Crippen LogP contribution is -2.44. The maximum Gasteiger partial charge on any atom is 0.269 e. The summed E-state index contributed by atoms with van der Waals surface area (Å²) in [6, 6.07) is 22.7. The monoisotopic (exact) mass is 530 g/mol. The number of rotatable bonds is 4. The highest BCUT2D eigenvalue weighted by Crippen LogP contribution is 2.33. The molecule has 0 bridgehead atoms. The van der Waals surface area contributed by atoms with E-state index in [0.29, 0.717) is 38.2 Å². The highest BCUT2D eigenvalue weighted by molar-refractivity contribution is 6.33. The largest absolute Gasteiger partial charge is 0.369 e. The summed E-state index contributed by atoms with van der Waals surface area (Å²) >= 11 is 13.0. The van der Waals surface area contributed by atoms with Crippen LogP contribution in [0.4, 0.5) is 5.69 Å². The number of likely N-dealkylation sites (N-methyl/N-ethyl adjacent to an activating group) is 1. The van der Waals surface area contributed by atoms with Gasteiger partial charge in [-0.25, -0.2) is 9.67 Å². The summed E-state index contributed by atoms with van der Waals surface area (Å²) in [5.74, 6) is 0.437. The van der Waals surface area contributed by atoms with Gasteiger partial charge in [0.25, 0.3) is 5.56 Å². The van der Waals surface area contributed by atoms with Gasteiger partial charge in [-0.05, 0) is 61.6 Å². The number of fused-ring (bicyclic) bond motifs is 1. The predicted octanol–water partition coefficient (Wildman–Crippen LogP) is 5.30. The number of para-hydroxylation sites is 1. The standard InChI is InChI=1S/C28H24Cl2N6O/c1-33-13-15-34(16-14-33)22-11-12-23(25(30)17-22)26-32-27-24(18-31-36(27)21-5-3-2-4-6-21)28(37)35(26)20-9-7-19(29)8-10-20/h2-12,17-18H,13-16H2,1H3. The van der Waals surface area contributed by atoms with Crippen molar-refractivity contribution in [3.63, 3.8) is 0 Å². The average molecular weight is 531 g/mol. The van der Waals surface area contributed by atoms with Crippen LogP contribution in [0.5, 0.6) is 0 Å². The van der Waals surface area contributed by atoms with E-state index in [1.165, 1.54) is 0 Å². The van der Waals surface area contributed by atoms with Gasteiger partial charge in [0, 0.05) is 42.5 Å². The fourth-order valence-electron chi connectivity index (χ4n) is 4.68. The Balaban J connectivity index is 1.55. The molecule has 0 spiro atoms. The van der Waals surface area contributed by atoms with Gasteiger partial charge < -0.3 is 9.80 Å². The molecule has 5 aromatic rings. The Bertz CT molecular complexity index is 1640. The van der Waals surface area contributed by atoms with Crippen molar-refractivity contribution in [2.75, 3.05) is 38.1 Å². The van der Waals surface area contributed by atoms with Crippen LogP contribution in [-0.2, 0) is 0 Å². The second kappa shape index (κ2) is 9.67. The number of aromatic nitrogens is 4. The second-order valence-corrected chi connectivity index (χ2v) is 9.98. The molecule has 3 aromatic carbocycles. The van der Waals surface area contributed by atoms with E-state index in [0.717, 1.165) is 37.6 Å². The number of hydrogen-bond donors (Lipinski definition) is 0. The first-order valence-electron chi connectivity index (χ1n) is 12.1. The Morgan fingerprint density at radius 1 is 0.811 bits per heavy atom. The van der Waals surface area contributed by atoms with Crippen LogP contribution in [0, 0.1) is 0 Å². The molecule has 0 aliphatic carbocycles. The topological polar surface area (TPSA) is 59.2 Å². The van der Waals surface area contributed by atoms with Gasteiger partial charge in [-0.2, -0.15) is 5.10 Å². The van der Waals surface area contributed by atoms with Crippen molar-refractivity contribution in [3.8, 4) is 22.8 Å². The molecular formula is C28H24Cl2N6O. The molecule has 0 amide bonds. The quantitative estimate of drug-likeness (QED) is 0.315. The predicted molar refractivity (Wildman–Crippen MR) is 150 cm³/mol. The zero-order chi connectivity index (χ0) is 25.5. The van der Waals surface area contributed by atoms with Crippen LogP contribution in [0.15, 0.2) is 83.8 Å². The van der Waals surface area contributed by atoms with E-state index in [1.54, 1.807) is 39.7 Å². The number of halogens is 2. The summed E-state index contributed by atoms with van der Waals surface area (Å²) in [6.07, 6.45) is 1.56. The molecule has 1 aliphatic rings. The molecule has 3 heterocycles. The number of hydrogen-bond acceptors (Lipinski definition) is 5. The first kappa shape index (κ1) is 23.7. The Morgan fingerprint density at radius 2 is 1.51 bits per heavy atom. The molecule has 186 valence electrons. The summed E-state index contributed by atoms with van der Waals surface area (Å²) < 4.78 is 3.26. The molecule has 37 heavy (non-hydrogen) atoms. The molecule has 0 N–H and O–H groups in total. The SMILES string of the molecule is CN1CCN(c2ccc(-c3nc4c(cnn4-c4ccccc4)c(=O)n3-c3ccc(Cl)cc3)c(Cl)c2)CC1. The average Bonchev–Trinajstić information content (AvgIpc) is 3.35. The van der Waals surface area contributed by atoms with Crippen molar-refractivity contribution in [3.05, 3.63) is 99.4 Å². The summed E-state index contributed by atoms with van der Waals surface area (Å²) in [4.78, 5) is 23.5. The van der Waals surface area contributed by atoms with E-state index < -0.39 is 0 Å². The molecule has 0 radical (unpaired) electrons. The Hall–Kier alpha value is -3.65. The third-order valence-electron chi connectivity index (χ3n) is 6.75. The smallest absolute Gasteiger partial charge is 0.269 e. The van der Waals surface area contributed by atoms with Crippen LogP contribution in [0.1, 0.15) is 0 Å². The number of benzene rings is 3. The summed E-state index contributed by atoms with van der Waals surface area (Å²) in [5.41, 5.74) is 3.41. The lowest BCUT2D eigenvalue weighted by atomic mass is 10.1. The van der Waals surface area contributed by atoms with Gasteiger partial charge in [-0.3, -0.25) is 9.36 Å². The molecule has 1 aliphatic heterocycles. The molecule has 0 unspecified atom stereocenters. The van der Waals surface area contributed by atoms with Crippen molar-refractivity contribution in [1.29, 1.82) is 0 Å². The summed E-state index contributed by atoms with van der Waals surface area (Å²) in [7, 11) is 2.13. The molecule has 9 heteroatoms. The molecule has 7 nitrogen and oxygen atoms in total. The lowest BCUT2D eigenvalue weighted by Gasteiger charge is -2.34. The Labute approximate surface area is 224 Å². The van der Waals surface area contributed by atoms with E-state index in [4.69, 9.17) is 28.2 Å². The second-order valence-electron chi connectivity index (χ2n) is 9.14. The summed E-state index contributed by atoms with van der Waals surface area (Å²) in [5, 5.41) is 6.01. The number of nitrogens with zero attached hydrogens (tertiary/aromatic N) is 6. The first-order valence-corrected chi connectivity index (χ1v) is 12.8. The first-order chi connectivity index (χ1) is 18.0. The van der Waals surface area contributed by atoms with E-state index in [2.05, 4.69) is 21.9 Å². The Kier molecular flexibility index (Phi) is 6.20.